The summed E-state index contributed by atoms with van der Waals surface area (Å²) in [4.78, 5) is 0. The Balaban J connectivity index is 2.54. The molecule has 1 aromatic carbocycles. The van der Waals surface area contributed by atoms with Gasteiger partial charge in [0.25, 0.3) is 0 Å². The highest BCUT2D eigenvalue weighted by Crippen LogP contribution is 2.29. The summed E-state index contributed by atoms with van der Waals surface area (Å²) in [6.07, 6.45) is 0.977. The lowest BCUT2D eigenvalue weighted by Crippen LogP contribution is -2.04. The van der Waals surface area contributed by atoms with E-state index >= 15 is 0 Å². The minimum Gasteiger partial charge on any atom is -0.493 e. The lowest BCUT2D eigenvalue weighted by molar-refractivity contribution is 0.198. The normalized spacial score (nSPS) is 9.94. The molecule has 0 aliphatic rings. The summed E-state index contributed by atoms with van der Waals surface area (Å²) in [6, 6.07) is 5.78. The molecule has 0 spiro atoms. The fraction of sp³-hybridized carbons (Fsp3) is 0.500. The highest BCUT2D eigenvalue weighted by Gasteiger charge is 2.03. The summed E-state index contributed by atoms with van der Waals surface area (Å²) < 4.78 is 15.4. The van der Waals surface area contributed by atoms with Gasteiger partial charge in [-0.3, -0.25) is 0 Å². The second-order valence-electron chi connectivity index (χ2n) is 3.34. The molecule has 0 aliphatic heterocycles. The van der Waals surface area contributed by atoms with Crippen molar-refractivity contribution in [3.63, 3.8) is 0 Å². The quantitative estimate of drug-likeness (QED) is 0.722. The lowest BCUT2D eigenvalue weighted by Gasteiger charge is -2.11. The molecule has 0 aliphatic carbocycles. The van der Waals surface area contributed by atoms with E-state index in [-0.39, 0.29) is 0 Å². The van der Waals surface area contributed by atoms with Crippen molar-refractivity contribution in [3.05, 3.63) is 18.2 Å². The Morgan fingerprint density at radius 1 is 1.06 bits per heavy atom. The van der Waals surface area contributed by atoms with Crippen LogP contribution in [0.15, 0.2) is 18.2 Å². The minimum atomic E-state index is 0.735. The zero-order valence-electron chi connectivity index (χ0n) is 10.1. The van der Waals surface area contributed by atoms with Crippen LogP contribution in [0.4, 0.5) is 5.69 Å². The largest absolute Gasteiger partial charge is 0.493 e. The first kappa shape index (κ1) is 12.6. The van der Waals surface area contributed by atoms with Crippen molar-refractivity contribution in [2.75, 3.05) is 39.8 Å². The summed E-state index contributed by atoms with van der Waals surface area (Å²) >= 11 is 0. The number of hydrogen-bond acceptors (Lipinski definition) is 4. The van der Waals surface area contributed by atoms with Crippen LogP contribution in [0.3, 0.4) is 0 Å². The van der Waals surface area contributed by atoms with Gasteiger partial charge in [0.1, 0.15) is 0 Å². The van der Waals surface area contributed by atoms with Gasteiger partial charge in [0.15, 0.2) is 11.5 Å². The Morgan fingerprint density at radius 2 is 1.81 bits per heavy atom. The summed E-state index contributed by atoms with van der Waals surface area (Å²) in [5.41, 5.74) is 1.02. The third-order valence-corrected chi connectivity index (χ3v) is 2.24. The van der Waals surface area contributed by atoms with Crippen LogP contribution in [0.1, 0.15) is 6.42 Å². The van der Waals surface area contributed by atoms with Gasteiger partial charge in [-0.05, 0) is 18.6 Å². The molecule has 1 N–H and O–H groups in total. The number of ether oxygens (including phenoxy) is 3. The average molecular weight is 225 g/mol. The van der Waals surface area contributed by atoms with E-state index in [4.69, 9.17) is 14.2 Å². The first-order chi connectivity index (χ1) is 7.81. The molecule has 0 aromatic heterocycles. The molecule has 1 rings (SSSR count). The molecule has 90 valence electrons. The highest BCUT2D eigenvalue weighted by atomic mass is 16.5. The van der Waals surface area contributed by atoms with E-state index in [1.54, 1.807) is 21.3 Å². The van der Waals surface area contributed by atoms with Crippen molar-refractivity contribution >= 4 is 5.69 Å². The fourth-order valence-electron chi connectivity index (χ4n) is 1.40. The number of anilines is 1. The second-order valence-corrected chi connectivity index (χ2v) is 3.34. The summed E-state index contributed by atoms with van der Waals surface area (Å²) in [7, 11) is 4.96. The molecule has 4 nitrogen and oxygen atoms in total. The standard InChI is InChI=1S/C12H19NO3/c1-14-8-4-7-13-10-5-6-11(15-2)12(9-10)16-3/h5-6,9,13H,4,7-8H2,1-3H3. The minimum absolute atomic E-state index is 0.735. The molecule has 0 radical (unpaired) electrons. The maximum absolute atomic E-state index is 5.21. The molecular formula is C12H19NO3. The van der Waals surface area contributed by atoms with Crippen molar-refractivity contribution in [2.24, 2.45) is 0 Å². The van der Waals surface area contributed by atoms with Crippen molar-refractivity contribution in [1.29, 1.82) is 0 Å². The van der Waals surface area contributed by atoms with E-state index in [1.807, 2.05) is 18.2 Å². The third-order valence-electron chi connectivity index (χ3n) is 2.24. The predicted octanol–water partition coefficient (Wildman–Crippen LogP) is 2.15. The lowest BCUT2D eigenvalue weighted by atomic mass is 10.2. The molecule has 0 unspecified atom stereocenters. The van der Waals surface area contributed by atoms with Crippen LogP contribution in [0, 0.1) is 0 Å². The predicted molar refractivity (Wildman–Crippen MR) is 64.5 cm³/mol. The van der Waals surface area contributed by atoms with Crippen LogP contribution in [-0.2, 0) is 4.74 Å². The van der Waals surface area contributed by atoms with Crippen LogP contribution in [-0.4, -0.2) is 34.5 Å². The molecule has 0 saturated heterocycles. The van der Waals surface area contributed by atoms with Crippen LogP contribution >= 0.6 is 0 Å². The van der Waals surface area contributed by atoms with Crippen molar-refractivity contribution < 1.29 is 14.2 Å². The topological polar surface area (TPSA) is 39.7 Å². The van der Waals surface area contributed by atoms with Gasteiger partial charge in [0.05, 0.1) is 14.2 Å². The molecule has 0 amide bonds. The van der Waals surface area contributed by atoms with Gasteiger partial charge >= 0.3 is 0 Å². The van der Waals surface area contributed by atoms with Crippen molar-refractivity contribution in [3.8, 4) is 11.5 Å². The number of nitrogens with one attached hydrogen (secondary N) is 1. The van der Waals surface area contributed by atoms with Gasteiger partial charge in [-0.1, -0.05) is 0 Å². The van der Waals surface area contributed by atoms with Gasteiger partial charge in [-0.15, -0.1) is 0 Å². The maximum atomic E-state index is 5.21. The highest BCUT2D eigenvalue weighted by molar-refractivity contribution is 5.54. The van der Waals surface area contributed by atoms with E-state index in [0.29, 0.717) is 0 Å². The second kappa shape index (κ2) is 6.95. The van der Waals surface area contributed by atoms with Crippen LogP contribution in [0.25, 0.3) is 0 Å². The Bertz CT molecular complexity index is 315. The maximum Gasteiger partial charge on any atom is 0.162 e. The van der Waals surface area contributed by atoms with Crippen molar-refractivity contribution in [2.45, 2.75) is 6.42 Å². The Kier molecular flexibility index (Phi) is 5.50. The molecule has 16 heavy (non-hydrogen) atoms. The summed E-state index contributed by atoms with van der Waals surface area (Å²) in [6.45, 7) is 1.64. The van der Waals surface area contributed by atoms with Crippen molar-refractivity contribution in [1.82, 2.24) is 0 Å². The first-order valence-corrected chi connectivity index (χ1v) is 5.26. The van der Waals surface area contributed by atoms with Gasteiger partial charge in [0, 0.05) is 32.0 Å². The summed E-state index contributed by atoms with van der Waals surface area (Å²) in [5.74, 6) is 1.48. The first-order valence-electron chi connectivity index (χ1n) is 5.26. The number of hydrogen-bond donors (Lipinski definition) is 1. The van der Waals surface area contributed by atoms with Gasteiger partial charge < -0.3 is 19.5 Å². The van der Waals surface area contributed by atoms with E-state index in [9.17, 15) is 0 Å². The molecule has 0 atom stereocenters. The van der Waals surface area contributed by atoms with Crippen LogP contribution in [0.2, 0.25) is 0 Å². The Morgan fingerprint density at radius 3 is 2.44 bits per heavy atom. The Hall–Kier alpha value is -1.42. The van der Waals surface area contributed by atoms with Crippen LogP contribution < -0.4 is 14.8 Å². The van der Waals surface area contributed by atoms with E-state index in [0.717, 1.165) is 36.8 Å². The molecule has 1 aromatic rings. The summed E-state index contributed by atoms with van der Waals surface area (Å²) in [5, 5.41) is 3.29. The average Bonchev–Trinajstić information content (AvgIpc) is 2.34. The number of rotatable bonds is 7. The zero-order chi connectivity index (χ0) is 11.8. The monoisotopic (exact) mass is 225 g/mol. The van der Waals surface area contributed by atoms with Gasteiger partial charge in [-0.25, -0.2) is 0 Å². The smallest absolute Gasteiger partial charge is 0.162 e. The molecule has 0 heterocycles. The molecule has 0 bridgehead atoms. The molecule has 0 fully saturated rings. The van der Waals surface area contributed by atoms with E-state index in [1.165, 1.54) is 0 Å². The fourth-order valence-corrected chi connectivity index (χ4v) is 1.40. The van der Waals surface area contributed by atoms with Gasteiger partial charge in [-0.2, -0.15) is 0 Å². The number of methoxy groups -OCH3 is 3. The molecule has 4 heteroatoms. The molecular weight excluding hydrogens is 206 g/mol. The van der Waals surface area contributed by atoms with Gasteiger partial charge in [0.2, 0.25) is 0 Å². The number of benzene rings is 1. The van der Waals surface area contributed by atoms with Crippen LogP contribution in [0.5, 0.6) is 11.5 Å². The third kappa shape index (κ3) is 3.62. The SMILES string of the molecule is COCCCNc1ccc(OC)c(OC)c1. The van der Waals surface area contributed by atoms with E-state index < -0.39 is 0 Å². The van der Waals surface area contributed by atoms with E-state index in [2.05, 4.69) is 5.32 Å². The zero-order valence-corrected chi connectivity index (χ0v) is 10.1. The Labute approximate surface area is 96.5 Å². The molecule has 0 saturated carbocycles.